The molecule has 1 aromatic carbocycles. The molecule has 0 fully saturated rings. The van der Waals surface area contributed by atoms with E-state index in [9.17, 15) is 18.3 Å². The summed E-state index contributed by atoms with van der Waals surface area (Å²) in [6, 6.07) is 1.08. The summed E-state index contributed by atoms with van der Waals surface area (Å²) in [6.07, 6.45) is -5.54. The van der Waals surface area contributed by atoms with E-state index in [1.54, 1.807) is 0 Å². The van der Waals surface area contributed by atoms with Crippen molar-refractivity contribution < 1.29 is 18.3 Å². The predicted molar refractivity (Wildman–Crippen MR) is 63.0 cm³/mol. The number of halogens is 6. The van der Waals surface area contributed by atoms with E-state index in [2.05, 4.69) is 0 Å². The number of hydrogen-bond acceptors (Lipinski definition) is 2. The van der Waals surface area contributed by atoms with Crippen LogP contribution >= 0.6 is 35.6 Å². The summed E-state index contributed by atoms with van der Waals surface area (Å²) in [5.74, 6) is -0.369. The third-order valence-electron chi connectivity index (χ3n) is 1.92. The fourth-order valence-electron chi connectivity index (χ4n) is 1.17. The molecule has 0 bridgehead atoms. The Labute approximate surface area is 112 Å². The number of aromatic hydroxyl groups is 1. The van der Waals surface area contributed by atoms with Crippen LogP contribution < -0.4 is 5.73 Å². The van der Waals surface area contributed by atoms with Crippen LogP contribution in [0.25, 0.3) is 0 Å². The highest BCUT2D eigenvalue weighted by molar-refractivity contribution is 6.37. The first-order valence-electron chi connectivity index (χ1n) is 4.21. The molecule has 17 heavy (non-hydrogen) atoms. The lowest BCUT2D eigenvalue weighted by Gasteiger charge is -2.15. The van der Waals surface area contributed by atoms with Gasteiger partial charge in [0.25, 0.3) is 0 Å². The maximum Gasteiger partial charge on any atom is 0.390 e. The van der Waals surface area contributed by atoms with E-state index in [0.29, 0.717) is 0 Å². The standard InChI is InChI=1S/C9H8Cl2F3NO.ClH/c10-5-1-4(2-6(11)8(5)16)7(15)3-9(12,13)14;/h1-2,7,16H,3,15H2;1H/t7-;/m0./s1. The van der Waals surface area contributed by atoms with Gasteiger partial charge in [0.1, 0.15) is 0 Å². The molecule has 98 valence electrons. The highest BCUT2D eigenvalue weighted by Crippen LogP contribution is 2.36. The van der Waals surface area contributed by atoms with Crippen LogP contribution in [-0.2, 0) is 0 Å². The third-order valence-corrected chi connectivity index (χ3v) is 2.49. The molecule has 2 nitrogen and oxygen atoms in total. The summed E-state index contributed by atoms with van der Waals surface area (Å²) >= 11 is 11.1. The van der Waals surface area contributed by atoms with Crippen LogP contribution in [0.4, 0.5) is 13.2 Å². The monoisotopic (exact) mass is 309 g/mol. The lowest BCUT2D eigenvalue weighted by atomic mass is 10.0. The van der Waals surface area contributed by atoms with Crippen molar-refractivity contribution >= 4 is 35.6 Å². The SMILES string of the molecule is Cl.N[C@@H](CC(F)(F)F)c1cc(Cl)c(O)c(Cl)c1. The fourth-order valence-corrected chi connectivity index (χ4v) is 1.67. The molecule has 0 aliphatic heterocycles. The Morgan fingerprint density at radius 2 is 1.65 bits per heavy atom. The molecule has 1 aromatic rings. The molecule has 8 heteroatoms. The van der Waals surface area contributed by atoms with Gasteiger partial charge in [-0.05, 0) is 17.7 Å². The quantitative estimate of drug-likeness (QED) is 0.865. The van der Waals surface area contributed by atoms with Crippen molar-refractivity contribution in [3.63, 3.8) is 0 Å². The molecular formula is C9H9Cl3F3NO. The predicted octanol–water partition coefficient (Wildman–Crippen LogP) is 4.07. The van der Waals surface area contributed by atoms with Crippen molar-refractivity contribution in [2.45, 2.75) is 18.6 Å². The normalized spacial score (nSPS) is 13.1. The number of hydrogen-bond donors (Lipinski definition) is 2. The molecule has 1 rings (SSSR count). The second kappa shape index (κ2) is 6.00. The Bertz CT molecular complexity index is 375. The molecule has 0 aromatic heterocycles. The molecule has 0 saturated carbocycles. The lowest BCUT2D eigenvalue weighted by Crippen LogP contribution is -2.20. The van der Waals surface area contributed by atoms with Gasteiger partial charge in [-0.25, -0.2) is 0 Å². The summed E-state index contributed by atoms with van der Waals surface area (Å²) in [4.78, 5) is 0. The zero-order chi connectivity index (χ0) is 12.5. The fraction of sp³-hybridized carbons (Fsp3) is 0.333. The molecule has 1 atom stereocenters. The highest BCUT2D eigenvalue weighted by Gasteiger charge is 2.31. The average Bonchev–Trinajstić information content (AvgIpc) is 2.10. The molecule has 0 saturated heterocycles. The van der Waals surface area contributed by atoms with Crippen LogP contribution in [0.3, 0.4) is 0 Å². The van der Waals surface area contributed by atoms with Crippen molar-refractivity contribution in [2.75, 3.05) is 0 Å². The molecule has 3 N–H and O–H groups in total. The van der Waals surface area contributed by atoms with Gasteiger partial charge in [-0.15, -0.1) is 12.4 Å². The minimum Gasteiger partial charge on any atom is -0.505 e. The summed E-state index contributed by atoms with van der Waals surface area (Å²) in [6.45, 7) is 0. The molecule has 0 amide bonds. The second-order valence-electron chi connectivity index (χ2n) is 3.26. The lowest BCUT2D eigenvalue weighted by molar-refractivity contribution is -0.138. The number of alkyl halides is 3. The van der Waals surface area contributed by atoms with E-state index in [1.165, 1.54) is 12.1 Å². The molecule has 0 unspecified atom stereocenters. The maximum absolute atomic E-state index is 12.1. The Balaban J connectivity index is 0.00000256. The number of phenols is 1. The maximum atomic E-state index is 12.1. The van der Waals surface area contributed by atoms with Gasteiger partial charge >= 0.3 is 6.18 Å². The number of phenolic OH excluding ortho intramolecular Hbond substituents is 1. The largest absolute Gasteiger partial charge is 0.505 e. The first-order valence-corrected chi connectivity index (χ1v) is 4.96. The number of nitrogens with two attached hydrogens (primary N) is 1. The Morgan fingerprint density at radius 1 is 1.24 bits per heavy atom. The minimum absolute atomic E-state index is 0. The molecule has 0 heterocycles. The van der Waals surface area contributed by atoms with Gasteiger partial charge in [0, 0.05) is 6.04 Å². The smallest absolute Gasteiger partial charge is 0.390 e. The Kier molecular flexibility index (Phi) is 5.87. The van der Waals surface area contributed by atoms with Crippen molar-refractivity contribution in [2.24, 2.45) is 5.73 Å². The van der Waals surface area contributed by atoms with Gasteiger partial charge in [-0.1, -0.05) is 23.2 Å². The Morgan fingerprint density at radius 3 is 2.00 bits per heavy atom. The second-order valence-corrected chi connectivity index (χ2v) is 4.07. The van der Waals surface area contributed by atoms with Gasteiger partial charge in [-0.2, -0.15) is 13.2 Å². The molecular weight excluding hydrogens is 301 g/mol. The van der Waals surface area contributed by atoms with E-state index >= 15 is 0 Å². The number of rotatable bonds is 2. The van der Waals surface area contributed by atoms with E-state index < -0.39 is 18.6 Å². The molecule has 0 aliphatic carbocycles. The molecule has 0 spiro atoms. The average molecular weight is 311 g/mol. The summed E-state index contributed by atoms with van der Waals surface area (Å²) in [7, 11) is 0. The van der Waals surface area contributed by atoms with Gasteiger partial charge in [0.05, 0.1) is 16.5 Å². The van der Waals surface area contributed by atoms with Crippen molar-refractivity contribution in [3.05, 3.63) is 27.7 Å². The van der Waals surface area contributed by atoms with Crippen LogP contribution in [0.15, 0.2) is 12.1 Å². The summed E-state index contributed by atoms with van der Waals surface area (Å²) in [5, 5.41) is 8.97. The topological polar surface area (TPSA) is 46.2 Å². The first-order chi connectivity index (χ1) is 7.20. The number of benzene rings is 1. The van der Waals surface area contributed by atoms with E-state index in [-0.39, 0.29) is 33.8 Å². The van der Waals surface area contributed by atoms with Crippen LogP contribution in [-0.4, -0.2) is 11.3 Å². The van der Waals surface area contributed by atoms with E-state index in [4.69, 9.17) is 28.9 Å². The molecule has 0 radical (unpaired) electrons. The van der Waals surface area contributed by atoms with E-state index in [1.807, 2.05) is 0 Å². The zero-order valence-electron chi connectivity index (χ0n) is 8.26. The van der Waals surface area contributed by atoms with E-state index in [0.717, 1.165) is 0 Å². The van der Waals surface area contributed by atoms with Gasteiger partial charge in [0.2, 0.25) is 0 Å². The van der Waals surface area contributed by atoms with Crippen molar-refractivity contribution in [1.82, 2.24) is 0 Å². The third kappa shape index (κ3) is 4.79. The van der Waals surface area contributed by atoms with Crippen molar-refractivity contribution in [1.29, 1.82) is 0 Å². The van der Waals surface area contributed by atoms with Gasteiger partial charge in [-0.3, -0.25) is 0 Å². The summed E-state index contributed by atoms with van der Waals surface area (Å²) in [5.41, 5.74) is 5.48. The van der Waals surface area contributed by atoms with Crippen LogP contribution in [0.5, 0.6) is 5.75 Å². The van der Waals surface area contributed by atoms with Gasteiger partial charge < -0.3 is 10.8 Å². The zero-order valence-corrected chi connectivity index (χ0v) is 10.6. The van der Waals surface area contributed by atoms with Crippen LogP contribution in [0, 0.1) is 0 Å². The first kappa shape index (κ1) is 16.6. The van der Waals surface area contributed by atoms with Gasteiger partial charge in [0.15, 0.2) is 5.75 Å². The summed E-state index contributed by atoms with van der Waals surface area (Å²) < 4.78 is 36.2. The van der Waals surface area contributed by atoms with Crippen LogP contribution in [0.1, 0.15) is 18.0 Å². The Hall–Kier alpha value is -0.360. The van der Waals surface area contributed by atoms with Crippen LogP contribution in [0.2, 0.25) is 10.0 Å². The van der Waals surface area contributed by atoms with Crippen molar-refractivity contribution in [3.8, 4) is 5.75 Å². The molecule has 0 aliphatic rings. The minimum atomic E-state index is -4.36. The highest BCUT2D eigenvalue weighted by atomic mass is 35.5.